The summed E-state index contributed by atoms with van der Waals surface area (Å²) in [6.07, 6.45) is 4.47. The molecule has 4 heteroatoms. The summed E-state index contributed by atoms with van der Waals surface area (Å²) in [5.74, 6) is 1.00. The Kier molecular flexibility index (Phi) is 4.62. The number of hydrogen-bond donors (Lipinski definition) is 1. The van der Waals surface area contributed by atoms with E-state index in [1.165, 1.54) is 6.42 Å². The minimum absolute atomic E-state index is 0.205. The van der Waals surface area contributed by atoms with Crippen molar-refractivity contribution in [2.75, 3.05) is 33.2 Å². The molecule has 2 N–H and O–H groups in total. The zero-order valence-electron chi connectivity index (χ0n) is 11.8. The van der Waals surface area contributed by atoms with E-state index < -0.39 is 0 Å². The summed E-state index contributed by atoms with van der Waals surface area (Å²) in [4.78, 5) is 17.1. The number of nitrogens with zero attached hydrogens (tertiary/aromatic N) is 2. The molecule has 0 spiro atoms. The number of rotatable bonds is 3. The van der Waals surface area contributed by atoms with Gasteiger partial charge in [0.1, 0.15) is 0 Å². The van der Waals surface area contributed by atoms with Crippen LogP contribution in [0.25, 0.3) is 0 Å². The first-order chi connectivity index (χ1) is 8.67. The Hall–Kier alpha value is -0.610. The maximum atomic E-state index is 12.6. The lowest BCUT2D eigenvalue weighted by Gasteiger charge is -2.40. The van der Waals surface area contributed by atoms with Gasteiger partial charge < -0.3 is 10.6 Å². The molecule has 2 rings (SSSR count). The third kappa shape index (κ3) is 2.69. The third-order valence-electron chi connectivity index (χ3n) is 4.84. The summed E-state index contributed by atoms with van der Waals surface area (Å²) < 4.78 is 0. The van der Waals surface area contributed by atoms with Crippen LogP contribution in [0.3, 0.4) is 0 Å². The highest BCUT2D eigenvalue weighted by atomic mass is 16.2. The Bertz CT molecular complexity index is 295. The van der Waals surface area contributed by atoms with Crippen molar-refractivity contribution >= 4 is 5.91 Å². The zero-order valence-corrected chi connectivity index (χ0v) is 11.8. The molecular weight excluding hydrogens is 226 g/mol. The average Bonchev–Trinajstić information content (AvgIpc) is 2.86. The van der Waals surface area contributed by atoms with Crippen molar-refractivity contribution in [2.45, 2.75) is 38.6 Å². The molecule has 18 heavy (non-hydrogen) atoms. The smallest absolute Gasteiger partial charge is 0.226 e. The Labute approximate surface area is 110 Å². The topological polar surface area (TPSA) is 49.6 Å². The summed E-state index contributed by atoms with van der Waals surface area (Å²) in [7, 11) is 2.16. The standard InChI is InChI=1S/C14H27N3O/c1-3-12-10-17(8-7-16(12)2)14(18)13-6-4-5-11(13)9-15/h11-13H,3-10,15H2,1-2H3. The zero-order chi connectivity index (χ0) is 13.1. The van der Waals surface area contributed by atoms with Gasteiger partial charge in [-0.25, -0.2) is 0 Å². The lowest BCUT2D eigenvalue weighted by molar-refractivity contribution is -0.139. The molecule has 4 nitrogen and oxygen atoms in total. The van der Waals surface area contributed by atoms with E-state index in [0.717, 1.165) is 38.9 Å². The molecule has 0 bridgehead atoms. The molecule has 1 aliphatic carbocycles. The quantitative estimate of drug-likeness (QED) is 0.813. The summed E-state index contributed by atoms with van der Waals surface area (Å²) in [5.41, 5.74) is 5.79. The Morgan fingerprint density at radius 2 is 2.11 bits per heavy atom. The molecule has 0 aromatic heterocycles. The molecule has 1 saturated heterocycles. The number of hydrogen-bond acceptors (Lipinski definition) is 3. The van der Waals surface area contributed by atoms with Crippen LogP contribution >= 0.6 is 0 Å². The maximum Gasteiger partial charge on any atom is 0.226 e. The van der Waals surface area contributed by atoms with Gasteiger partial charge in [-0.2, -0.15) is 0 Å². The van der Waals surface area contributed by atoms with Gasteiger partial charge in [-0.05, 0) is 38.8 Å². The molecule has 2 fully saturated rings. The molecular formula is C14H27N3O. The number of nitrogens with two attached hydrogens (primary N) is 1. The van der Waals surface area contributed by atoms with Gasteiger partial charge in [0.05, 0.1) is 0 Å². The molecule has 0 aromatic carbocycles. The SMILES string of the molecule is CCC1CN(C(=O)C2CCCC2CN)CCN1C. The Morgan fingerprint density at radius 3 is 2.78 bits per heavy atom. The van der Waals surface area contributed by atoms with Gasteiger partial charge in [0.15, 0.2) is 0 Å². The van der Waals surface area contributed by atoms with Gasteiger partial charge in [-0.3, -0.25) is 9.69 Å². The molecule has 3 atom stereocenters. The number of amides is 1. The van der Waals surface area contributed by atoms with Gasteiger partial charge in [-0.1, -0.05) is 13.3 Å². The summed E-state index contributed by atoms with van der Waals surface area (Å²) in [6, 6.07) is 0.528. The molecule has 1 saturated carbocycles. The lowest BCUT2D eigenvalue weighted by Crippen LogP contribution is -2.54. The molecule has 0 aromatic rings. The second-order valence-electron chi connectivity index (χ2n) is 5.86. The van der Waals surface area contributed by atoms with Crippen LogP contribution < -0.4 is 5.73 Å². The molecule has 1 heterocycles. The molecule has 2 aliphatic rings. The monoisotopic (exact) mass is 253 g/mol. The second kappa shape index (κ2) is 6.02. The second-order valence-corrected chi connectivity index (χ2v) is 5.86. The van der Waals surface area contributed by atoms with Crippen LogP contribution in [0.15, 0.2) is 0 Å². The van der Waals surface area contributed by atoms with Crippen LogP contribution in [-0.4, -0.2) is 55.0 Å². The number of carbonyl (C=O) groups is 1. The largest absolute Gasteiger partial charge is 0.340 e. The van der Waals surface area contributed by atoms with Crippen molar-refractivity contribution in [1.29, 1.82) is 0 Å². The Balaban J connectivity index is 1.96. The van der Waals surface area contributed by atoms with E-state index in [0.29, 0.717) is 24.4 Å². The molecule has 1 aliphatic heterocycles. The first kappa shape index (κ1) is 13.8. The van der Waals surface area contributed by atoms with E-state index in [4.69, 9.17) is 5.73 Å². The molecule has 1 amide bonds. The summed E-state index contributed by atoms with van der Waals surface area (Å²) >= 11 is 0. The van der Waals surface area contributed by atoms with Crippen molar-refractivity contribution in [3.05, 3.63) is 0 Å². The van der Waals surface area contributed by atoms with Crippen LogP contribution in [0.5, 0.6) is 0 Å². The van der Waals surface area contributed by atoms with Crippen molar-refractivity contribution in [3.63, 3.8) is 0 Å². The minimum atomic E-state index is 0.205. The van der Waals surface area contributed by atoms with E-state index in [1.807, 2.05) is 0 Å². The van der Waals surface area contributed by atoms with E-state index in [9.17, 15) is 4.79 Å². The Morgan fingerprint density at radius 1 is 1.33 bits per heavy atom. The van der Waals surface area contributed by atoms with E-state index in [-0.39, 0.29) is 5.92 Å². The number of piperazine rings is 1. The molecule has 104 valence electrons. The van der Waals surface area contributed by atoms with Crippen LogP contribution in [0.2, 0.25) is 0 Å². The normalized spacial score (nSPS) is 33.9. The highest BCUT2D eigenvalue weighted by Gasteiger charge is 2.36. The summed E-state index contributed by atoms with van der Waals surface area (Å²) in [6.45, 7) is 5.66. The van der Waals surface area contributed by atoms with E-state index >= 15 is 0 Å². The van der Waals surface area contributed by atoms with Crippen LogP contribution in [0.1, 0.15) is 32.6 Å². The van der Waals surface area contributed by atoms with Gasteiger partial charge in [-0.15, -0.1) is 0 Å². The van der Waals surface area contributed by atoms with Crippen molar-refractivity contribution in [1.82, 2.24) is 9.80 Å². The molecule has 0 radical (unpaired) electrons. The van der Waals surface area contributed by atoms with E-state index in [1.54, 1.807) is 0 Å². The van der Waals surface area contributed by atoms with Crippen molar-refractivity contribution in [3.8, 4) is 0 Å². The number of carbonyl (C=O) groups excluding carboxylic acids is 1. The van der Waals surface area contributed by atoms with Crippen LogP contribution in [0.4, 0.5) is 0 Å². The van der Waals surface area contributed by atoms with Crippen molar-refractivity contribution < 1.29 is 4.79 Å². The predicted molar refractivity (Wildman–Crippen MR) is 73.2 cm³/mol. The van der Waals surface area contributed by atoms with Gasteiger partial charge in [0.25, 0.3) is 0 Å². The van der Waals surface area contributed by atoms with Gasteiger partial charge in [0.2, 0.25) is 5.91 Å². The molecule has 3 unspecified atom stereocenters. The first-order valence-corrected chi connectivity index (χ1v) is 7.36. The van der Waals surface area contributed by atoms with E-state index in [2.05, 4.69) is 23.8 Å². The van der Waals surface area contributed by atoms with Crippen molar-refractivity contribution in [2.24, 2.45) is 17.6 Å². The fourth-order valence-corrected chi connectivity index (χ4v) is 3.47. The third-order valence-corrected chi connectivity index (χ3v) is 4.84. The highest BCUT2D eigenvalue weighted by molar-refractivity contribution is 5.79. The fraction of sp³-hybridized carbons (Fsp3) is 0.929. The van der Waals surface area contributed by atoms with Crippen LogP contribution in [0, 0.1) is 11.8 Å². The highest BCUT2D eigenvalue weighted by Crippen LogP contribution is 2.32. The van der Waals surface area contributed by atoms with Gasteiger partial charge in [0, 0.05) is 31.6 Å². The predicted octanol–water partition coefficient (Wildman–Crippen LogP) is 0.914. The lowest BCUT2D eigenvalue weighted by atomic mass is 9.94. The average molecular weight is 253 g/mol. The first-order valence-electron chi connectivity index (χ1n) is 7.36. The van der Waals surface area contributed by atoms with Gasteiger partial charge >= 0.3 is 0 Å². The fourth-order valence-electron chi connectivity index (χ4n) is 3.47. The maximum absolute atomic E-state index is 12.6. The minimum Gasteiger partial charge on any atom is -0.340 e. The van der Waals surface area contributed by atoms with Crippen LogP contribution in [-0.2, 0) is 4.79 Å². The summed E-state index contributed by atoms with van der Waals surface area (Å²) in [5, 5.41) is 0. The number of likely N-dealkylation sites (N-methyl/N-ethyl adjacent to an activating group) is 1.